The molecule has 0 aliphatic rings. The molecule has 7 rings (SSSR count). The molecule has 0 saturated heterocycles. The predicted molar refractivity (Wildman–Crippen MR) is 171 cm³/mol. The van der Waals surface area contributed by atoms with E-state index in [4.69, 9.17) is 21.5 Å². The number of rotatable bonds is 5. The van der Waals surface area contributed by atoms with E-state index in [2.05, 4.69) is 65.5 Å². The third kappa shape index (κ3) is 4.70. The lowest BCUT2D eigenvalue weighted by atomic mass is 9.93. The van der Waals surface area contributed by atoms with Crippen molar-refractivity contribution in [3.8, 4) is 56.4 Å². The van der Waals surface area contributed by atoms with Crippen LogP contribution in [-0.4, -0.2) is 15.0 Å². The van der Waals surface area contributed by atoms with E-state index in [0.717, 1.165) is 49.7 Å². The lowest BCUT2D eigenvalue weighted by Gasteiger charge is -2.13. The quantitative estimate of drug-likeness (QED) is 0.206. The van der Waals surface area contributed by atoms with E-state index < -0.39 is 0 Å². The highest BCUT2D eigenvalue weighted by molar-refractivity contribution is 6.04. The molecule has 0 bridgehead atoms. The van der Waals surface area contributed by atoms with Gasteiger partial charge >= 0.3 is 0 Å². The first kappa shape index (κ1) is 25.1. The van der Waals surface area contributed by atoms with E-state index in [0.29, 0.717) is 23.2 Å². The Bertz CT molecular complexity index is 2020. The highest BCUT2D eigenvalue weighted by Crippen LogP contribution is 2.37. The fraction of sp³-hybridized carbons (Fsp3) is 0. The summed E-state index contributed by atoms with van der Waals surface area (Å²) in [5.74, 6) is 1.92. The van der Waals surface area contributed by atoms with E-state index in [1.807, 2.05) is 84.9 Å². The van der Waals surface area contributed by atoms with Gasteiger partial charge in [-0.05, 0) is 39.1 Å². The monoisotopic (exact) mass is 536 g/mol. The summed E-state index contributed by atoms with van der Waals surface area (Å²) < 4.78 is 0. The summed E-state index contributed by atoms with van der Waals surface area (Å²) in [5, 5.41) is 2.19. The van der Waals surface area contributed by atoms with Crippen LogP contribution in [0.2, 0.25) is 0 Å². The molecule has 0 fully saturated rings. The molecule has 0 spiro atoms. The van der Waals surface area contributed by atoms with Crippen molar-refractivity contribution in [2.75, 3.05) is 0 Å². The Morgan fingerprint density at radius 1 is 0.357 bits per heavy atom. The smallest absolute Gasteiger partial charge is 0.194 e. The number of hydrogen-bond acceptors (Lipinski definition) is 3. The van der Waals surface area contributed by atoms with Crippen LogP contribution in [0.1, 0.15) is 0 Å². The summed E-state index contributed by atoms with van der Waals surface area (Å²) in [5.41, 5.74) is 7.69. The summed E-state index contributed by atoms with van der Waals surface area (Å²) >= 11 is 0. The highest BCUT2D eigenvalue weighted by atomic mass is 15.0. The van der Waals surface area contributed by atoms with Crippen LogP contribution in [0, 0.1) is 6.57 Å². The van der Waals surface area contributed by atoms with Gasteiger partial charge in [-0.2, -0.15) is 0 Å². The molecule has 1 aromatic heterocycles. The van der Waals surface area contributed by atoms with Crippen molar-refractivity contribution >= 4 is 16.5 Å². The second-order valence-corrected chi connectivity index (χ2v) is 9.95. The van der Waals surface area contributed by atoms with Crippen molar-refractivity contribution in [1.82, 2.24) is 15.0 Å². The molecule has 42 heavy (non-hydrogen) atoms. The van der Waals surface area contributed by atoms with Crippen molar-refractivity contribution in [2.24, 2.45) is 0 Å². The third-order valence-electron chi connectivity index (χ3n) is 7.40. The highest BCUT2D eigenvalue weighted by Gasteiger charge is 2.16. The molecular formula is C38H24N4. The van der Waals surface area contributed by atoms with Gasteiger partial charge in [-0.3, -0.25) is 0 Å². The maximum atomic E-state index is 7.53. The largest absolute Gasteiger partial charge is 0.238 e. The molecule has 196 valence electrons. The first-order valence-electron chi connectivity index (χ1n) is 13.7. The van der Waals surface area contributed by atoms with Crippen molar-refractivity contribution < 1.29 is 0 Å². The molecular weight excluding hydrogens is 512 g/mol. The zero-order valence-corrected chi connectivity index (χ0v) is 22.6. The van der Waals surface area contributed by atoms with Gasteiger partial charge in [0.15, 0.2) is 23.2 Å². The molecule has 0 aliphatic carbocycles. The van der Waals surface area contributed by atoms with Gasteiger partial charge in [0.2, 0.25) is 0 Å². The molecule has 0 unspecified atom stereocenters. The second kappa shape index (κ2) is 10.9. The molecule has 0 amide bonds. The van der Waals surface area contributed by atoms with Gasteiger partial charge in [-0.1, -0.05) is 140 Å². The van der Waals surface area contributed by atoms with Gasteiger partial charge in [-0.25, -0.2) is 19.8 Å². The Kier molecular flexibility index (Phi) is 6.52. The minimum absolute atomic E-state index is 0.636. The van der Waals surface area contributed by atoms with Crippen LogP contribution in [-0.2, 0) is 0 Å². The van der Waals surface area contributed by atoms with Gasteiger partial charge in [-0.15, -0.1) is 0 Å². The van der Waals surface area contributed by atoms with E-state index in [1.54, 1.807) is 0 Å². The number of nitrogens with zero attached hydrogens (tertiary/aromatic N) is 4. The molecule has 6 aromatic carbocycles. The number of fused-ring (bicyclic) bond motifs is 1. The Hall–Kier alpha value is -5.92. The molecule has 0 radical (unpaired) electrons. The van der Waals surface area contributed by atoms with E-state index >= 15 is 0 Å². The molecule has 1 heterocycles. The van der Waals surface area contributed by atoms with Crippen molar-refractivity contribution in [3.63, 3.8) is 0 Å². The number of hydrogen-bond donors (Lipinski definition) is 0. The summed E-state index contributed by atoms with van der Waals surface area (Å²) in [6, 6.07) is 48.9. The van der Waals surface area contributed by atoms with E-state index in [-0.39, 0.29) is 0 Å². The summed E-state index contributed by atoms with van der Waals surface area (Å²) in [6.07, 6.45) is 0. The van der Waals surface area contributed by atoms with Gasteiger partial charge in [0.05, 0.1) is 6.57 Å². The zero-order chi connectivity index (χ0) is 28.3. The maximum Gasteiger partial charge on any atom is 0.194 e. The Morgan fingerprint density at radius 2 is 0.810 bits per heavy atom. The van der Waals surface area contributed by atoms with Crippen molar-refractivity contribution in [1.29, 1.82) is 0 Å². The van der Waals surface area contributed by atoms with Crippen LogP contribution in [0.25, 0.3) is 72.0 Å². The van der Waals surface area contributed by atoms with Gasteiger partial charge < -0.3 is 0 Å². The number of aromatic nitrogens is 3. The van der Waals surface area contributed by atoms with Crippen molar-refractivity contribution in [2.45, 2.75) is 0 Å². The van der Waals surface area contributed by atoms with Crippen LogP contribution in [0.15, 0.2) is 146 Å². The van der Waals surface area contributed by atoms with Crippen LogP contribution < -0.4 is 0 Å². The van der Waals surface area contributed by atoms with E-state index in [1.165, 1.54) is 0 Å². The fourth-order valence-corrected chi connectivity index (χ4v) is 5.32. The molecule has 0 atom stereocenters. The summed E-state index contributed by atoms with van der Waals surface area (Å²) in [6.45, 7) is 7.53. The first-order valence-corrected chi connectivity index (χ1v) is 13.7. The van der Waals surface area contributed by atoms with Crippen LogP contribution in [0.4, 0.5) is 5.69 Å². The Balaban J connectivity index is 1.36. The third-order valence-corrected chi connectivity index (χ3v) is 7.40. The minimum Gasteiger partial charge on any atom is -0.238 e. The van der Waals surface area contributed by atoms with Gasteiger partial charge in [0.25, 0.3) is 0 Å². The van der Waals surface area contributed by atoms with Crippen LogP contribution >= 0.6 is 0 Å². The average Bonchev–Trinajstić information content (AvgIpc) is 3.08. The summed E-state index contributed by atoms with van der Waals surface area (Å²) in [4.78, 5) is 18.5. The molecule has 0 N–H and O–H groups in total. The Labute approximate surface area is 244 Å². The molecule has 7 aromatic rings. The lowest BCUT2D eigenvalue weighted by Crippen LogP contribution is -2.00. The van der Waals surface area contributed by atoms with E-state index in [9.17, 15) is 0 Å². The molecule has 4 nitrogen and oxygen atoms in total. The zero-order valence-electron chi connectivity index (χ0n) is 22.6. The second-order valence-electron chi connectivity index (χ2n) is 9.95. The van der Waals surface area contributed by atoms with Crippen LogP contribution in [0.3, 0.4) is 0 Å². The molecule has 0 aliphatic heterocycles. The molecule has 0 saturated carbocycles. The standard InChI is InChI=1S/C38H24N4/c1-39-35-19-11-10-16-31(35)27-22-20-26(21-23-27)30-24-25-34(33-18-9-8-17-32(30)33)38-41-36(28-12-4-2-5-13-28)40-37(42-38)29-14-6-3-7-15-29/h2-25H. The van der Waals surface area contributed by atoms with Crippen LogP contribution in [0.5, 0.6) is 0 Å². The normalized spacial score (nSPS) is 10.8. The SMILES string of the molecule is [C-]#[N+]c1ccccc1-c1ccc(-c2ccc(-c3nc(-c4ccccc4)nc(-c4ccccc4)n3)c3ccccc23)cc1. The van der Waals surface area contributed by atoms with Gasteiger partial charge in [0, 0.05) is 16.7 Å². The van der Waals surface area contributed by atoms with Crippen molar-refractivity contribution in [3.05, 3.63) is 157 Å². The maximum absolute atomic E-state index is 7.53. The van der Waals surface area contributed by atoms with Gasteiger partial charge in [0.1, 0.15) is 0 Å². The average molecular weight is 537 g/mol. The summed E-state index contributed by atoms with van der Waals surface area (Å²) in [7, 11) is 0. The topological polar surface area (TPSA) is 43.0 Å². The lowest BCUT2D eigenvalue weighted by molar-refractivity contribution is 1.08. The number of para-hydroxylation sites is 1. The predicted octanol–water partition coefficient (Wildman–Crippen LogP) is 9.91. The fourth-order valence-electron chi connectivity index (χ4n) is 5.32. The molecule has 4 heteroatoms. The Morgan fingerprint density at radius 3 is 1.40 bits per heavy atom. The number of benzene rings is 6. The minimum atomic E-state index is 0.636. The first-order chi connectivity index (χ1) is 20.8.